The van der Waals surface area contributed by atoms with Gasteiger partial charge in [-0.05, 0) is 119 Å². The van der Waals surface area contributed by atoms with Crippen LogP contribution in [0.5, 0.6) is 0 Å². The number of amides is 2. The summed E-state index contributed by atoms with van der Waals surface area (Å²) < 4.78 is 21.9. The zero-order valence-electron chi connectivity index (χ0n) is 54.5. The topological polar surface area (TPSA) is 347 Å². The summed E-state index contributed by atoms with van der Waals surface area (Å²) in [7, 11) is 1.00. The van der Waals surface area contributed by atoms with Gasteiger partial charge >= 0.3 is 41.8 Å². The molecule has 0 spiro atoms. The molecule has 99 heavy (non-hydrogen) atoms. The van der Waals surface area contributed by atoms with E-state index in [2.05, 4.69) is 5.32 Å². The molecular formula is C76H82Cl2N2O19. The Hall–Kier alpha value is -10.6. The number of aromatic carboxylic acids is 1. The molecule has 8 aromatic rings. The van der Waals surface area contributed by atoms with Gasteiger partial charge in [0, 0.05) is 32.9 Å². The van der Waals surface area contributed by atoms with Crippen molar-refractivity contribution in [2.75, 3.05) is 12.4 Å². The van der Waals surface area contributed by atoms with Gasteiger partial charge in [-0.15, -0.1) is 23.2 Å². The van der Waals surface area contributed by atoms with Gasteiger partial charge in [0.2, 0.25) is 11.8 Å². The number of carboxylic acid groups (broad SMARTS) is 3. The number of hydrogen-bond acceptors (Lipinski definition) is 15. The number of carbonyl (C=O) groups is 9. The number of halogens is 2. The largest absolute Gasteiger partial charge is 0.481 e. The van der Waals surface area contributed by atoms with Gasteiger partial charge in [-0.3, -0.25) is 34.0 Å². The van der Waals surface area contributed by atoms with Crippen molar-refractivity contribution in [3.8, 4) is 0 Å². The summed E-state index contributed by atoms with van der Waals surface area (Å²) in [6.07, 6.45) is 1.14. The summed E-state index contributed by atoms with van der Waals surface area (Å²) in [6, 6.07) is 67.2. The van der Waals surface area contributed by atoms with Gasteiger partial charge < -0.3 is 50.2 Å². The Morgan fingerprint density at radius 1 is 0.384 bits per heavy atom. The van der Waals surface area contributed by atoms with Crippen molar-refractivity contribution in [3.05, 3.63) is 286 Å². The second-order valence-electron chi connectivity index (χ2n) is 21.7. The van der Waals surface area contributed by atoms with Crippen LogP contribution in [0.2, 0.25) is 0 Å². The number of hydrogen-bond donors (Lipinski definition) is 7. The highest BCUT2D eigenvalue weighted by molar-refractivity contribution is 6.40. The molecule has 21 nitrogen and oxygen atoms in total. The van der Waals surface area contributed by atoms with Crippen LogP contribution in [-0.4, -0.2) is 97.2 Å². The van der Waals surface area contributed by atoms with Crippen molar-refractivity contribution in [1.29, 1.82) is 0 Å². The van der Waals surface area contributed by atoms with Crippen LogP contribution in [-0.2, 0) is 99.9 Å². The summed E-state index contributed by atoms with van der Waals surface area (Å²) in [6.45, 7) is 1.04. The zero-order valence-corrected chi connectivity index (χ0v) is 56.0. The van der Waals surface area contributed by atoms with E-state index in [1.165, 1.54) is 23.7 Å². The number of carbonyl (C=O) groups excluding carboxylic acids is 6. The molecule has 2 amide bonds. The second kappa shape index (κ2) is 48.2. The smallest absolute Gasteiger partial charge is 0.338 e. The van der Waals surface area contributed by atoms with Crippen LogP contribution in [0.3, 0.4) is 0 Å². The van der Waals surface area contributed by atoms with Crippen LogP contribution in [0.15, 0.2) is 224 Å². The third-order valence-corrected chi connectivity index (χ3v) is 14.4. The predicted molar refractivity (Wildman–Crippen MR) is 371 cm³/mol. The molecule has 8 aromatic carbocycles. The summed E-state index contributed by atoms with van der Waals surface area (Å²) in [4.78, 5) is 108. The summed E-state index contributed by atoms with van der Waals surface area (Å²) in [5, 5.41) is 45.5. The number of benzene rings is 8. The molecule has 8 rings (SSSR count). The van der Waals surface area contributed by atoms with Crippen LogP contribution in [0.1, 0.15) is 114 Å². The van der Waals surface area contributed by atoms with E-state index in [9.17, 15) is 43.2 Å². The number of aliphatic hydroxyl groups is 1. The quantitative estimate of drug-likeness (QED) is 0.00698. The molecule has 3 atom stereocenters. The molecule has 0 aromatic heterocycles. The number of hydroxylamine groups is 1. The van der Waals surface area contributed by atoms with Crippen molar-refractivity contribution in [2.45, 2.75) is 90.8 Å². The number of aliphatic carboxylic acids is 2. The maximum atomic E-state index is 13.1. The lowest BCUT2D eigenvalue weighted by atomic mass is 9.93. The fourth-order valence-electron chi connectivity index (χ4n) is 9.41. The van der Waals surface area contributed by atoms with E-state index in [0.29, 0.717) is 36.1 Å². The van der Waals surface area contributed by atoms with Gasteiger partial charge in [0.15, 0.2) is 0 Å². The van der Waals surface area contributed by atoms with Crippen molar-refractivity contribution >= 4 is 76.8 Å². The van der Waals surface area contributed by atoms with Gasteiger partial charge in [0.1, 0.15) is 26.4 Å². The third-order valence-electron chi connectivity index (χ3n) is 14.4. The van der Waals surface area contributed by atoms with Crippen molar-refractivity contribution < 1.29 is 93.2 Å². The van der Waals surface area contributed by atoms with E-state index in [1.807, 2.05) is 158 Å². The highest BCUT2D eigenvalue weighted by atomic mass is 35.5. The van der Waals surface area contributed by atoms with Gasteiger partial charge in [-0.1, -0.05) is 188 Å². The van der Waals surface area contributed by atoms with E-state index < -0.39 is 59.5 Å². The SMILES string of the molecule is CO.ClCCl.O.O=C(CCC(Cc1cccc(C(=O)O)c1)C(=O)O)NO.O=C(CCC(Cc1cccc(C(=O)OCc2ccccc2)c1)C(=O)OCc1ccccc1)NCc1ccccc1.O=C(O)CCC(Cc1cccc(C(=O)OCc2ccccc2)c1)C(=O)OCc1ccccc1. The van der Waals surface area contributed by atoms with E-state index in [1.54, 1.807) is 48.5 Å². The molecule has 23 heteroatoms. The summed E-state index contributed by atoms with van der Waals surface area (Å²) in [5.41, 5.74) is 8.93. The lowest BCUT2D eigenvalue weighted by Gasteiger charge is -2.17. The standard InChI is InChI=1S/C34H33NO5.C27H26O6.C13H15NO6.CH2Cl2.CH4O.H2O/c36-32(35-23-26-11-4-1-5-12-26)20-19-31(34(38)40-25-28-15-8-3-9-16-28)22-29-17-10-18-30(21-29)33(37)39-24-27-13-6-2-7-14-27;28-25(29)15-14-24(27(31)33-19-21-10-5-2-6-11-21)17-22-12-7-13-23(16-22)26(30)32-18-20-8-3-1-4-9-20;15-11(14-20)5-4-10(13(18)19)7-8-2-1-3-9(6-8)12(16)17;2-1-3;1-2;/h1-18,21,31H,19-20,22-25H2,(H,35,36);1-13,16,24H,14-15,17-19H2,(H,28,29);1-3,6,10,20H,4-5,7H2,(H,14,15)(H,16,17)(H,18,19);1H2;2H,1H3;1H2. The highest BCUT2D eigenvalue weighted by Crippen LogP contribution is 2.23. The monoisotopic (exact) mass is 1400 g/mol. The first-order chi connectivity index (χ1) is 47.4. The predicted octanol–water partition coefficient (Wildman–Crippen LogP) is 12.0. The minimum absolute atomic E-state index is 0. The molecule has 0 bridgehead atoms. The summed E-state index contributed by atoms with van der Waals surface area (Å²) in [5.74, 6) is -7.68. The first-order valence-electron chi connectivity index (χ1n) is 31.0. The van der Waals surface area contributed by atoms with Gasteiger partial charge in [0.25, 0.3) is 0 Å². The van der Waals surface area contributed by atoms with E-state index in [-0.39, 0.29) is 99.6 Å². The fraction of sp³-hybridized carbons (Fsp3) is 0.250. The lowest BCUT2D eigenvalue weighted by molar-refractivity contribution is -0.151. The molecule has 0 radical (unpaired) electrons. The normalized spacial score (nSPS) is 11.0. The van der Waals surface area contributed by atoms with Crippen molar-refractivity contribution in [1.82, 2.24) is 10.8 Å². The maximum Gasteiger partial charge on any atom is 0.338 e. The van der Waals surface area contributed by atoms with Gasteiger partial charge in [0.05, 0.1) is 39.8 Å². The first kappa shape index (κ1) is 82.7. The van der Waals surface area contributed by atoms with Gasteiger partial charge in [-0.25, -0.2) is 19.9 Å². The molecule has 0 fully saturated rings. The molecular weight excluding hydrogens is 1320 g/mol. The maximum absolute atomic E-state index is 13.1. The van der Waals surface area contributed by atoms with Crippen molar-refractivity contribution in [3.63, 3.8) is 0 Å². The Morgan fingerprint density at radius 2 is 0.687 bits per heavy atom. The number of aliphatic hydroxyl groups excluding tert-OH is 1. The third kappa shape index (κ3) is 33.8. The zero-order chi connectivity index (χ0) is 71.3. The van der Waals surface area contributed by atoms with E-state index >= 15 is 0 Å². The minimum atomic E-state index is -1.08. The van der Waals surface area contributed by atoms with Crippen LogP contribution < -0.4 is 10.8 Å². The molecule has 0 saturated carbocycles. The molecule has 0 heterocycles. The molecule has 9 N–H and O–H groups in total. The Labute approximate surface area is 584 Å². The van der Waals surface area contributed by atoms with Crippen LogP contribution >= 0.6 is 23.2 Å². The fourth-order valence-corrected chi connectivity index (χ4v) is 9.41. The molecule has 0 aliphatic heterocycles. The van der Waals surface area contributed by atoms with E-state index in [0.717, 1.165) is 46.1 Å². The van der Waals surface area contributed by atoms with Crippen LogP contribution in [0.4, 0.5) is 0 Å². The number of carboxylic acids is 3. The van der Waals surface area contributed by atoms with Crippen molar-refractivity contribution in [2.24, 2.45) is 17.8 Å². The molecule has 0 aliphatic carbocycles. The average molecular weight is 1400 g/mol. The van der Waals surface area contributed by atoms with E-state index in [4.69, 9.17) is 67.8 Å². The lowest BCUT2D eigenvalue weighted by Crippen LogP contribution is -2.26. The molecule has 524 valence electrons. The Morgan fingerprint density at radius 3 is 1.04 bits per heavy atom. The second-order valence-corrected chi connectivity index (χ2v) is 22.5. The van der Waals surface area contributed by atoms with Crippen LogP contribution in [0.25, 0.3) is 0 Å². The Balaban J connectivity index is 0.000000390. The summed E-state index contributed by atoms with van der Waals surface area (Å²) >= 11 is 9.53. The molecule has 3 unspecified atom stereocenters. The number of ether oxygens (including phenoxy) is 4. The Bertz CT molecular complexity index is 3720. The molecule has 0 aliphatic rings. The number of rotatable bonds is 31. The Kier molecular flexibility index (Phi) is 40.3. The highest BCUT2D eigenvalue weighted by Gasteiger charge is 2.25. The minimum Gasteiger partial charge on any atom is -0.481 e. The average Bonchev–Trinajstić information content (AvgIpc) is 0.909. The number of alkyl halides is 2. The van der Waals surface area contributed by atoms with Crippen LogP contribution in [0, 0.1) is 17.8 Å². The molecule has 0 saturated heterocycles. The number of nitrogens with one attached hydrogen (secondary N) is 2. The number of esters is 4. The first-order valence-corrected chi connectivity index (χ1v) is 32.1. The van der Waals surface area contributed by atoms with Gasteiger partial charge in [-0.2, -0.15) is 0 Å².